The Morgan fingerprint density at radius 1 is 1.05 bits per heavy atom. The van der Waals surface area contributed by atoms with Gasteiger partial charge in [-0.25, -0.2) is 4.99 Å². The van der Waals surface area contributed by atoms with Crippen LogP contribution in [0.3, 0.4) is 0 Å². The largest absolute Gasteiger partial charge is 0.496 e. The average molecular weight is 278 g/mol. The predicted octanol–water partition coefficient (Wildman–Crippen LogP) is 2.61. The van der Waals surface area contributed by atoms with E-state index in [0.717, 1.165) is 11.1 Å². The van der Waals surface area contributed by atoms with Crippen molar-refractivity contribution in [1.82, 2.24) is 5.32 Å². The Hall–Kier alpha value is -2.88. The standard InChI is InChI=1S/C17H14N2O2/c1-21-15-10-6-5-9-13(15)16-18-14(17(20)19-16)11-12-7-3-2-4-8-12/h2-11H,1H3,(H,18,19,20)/b14-11+. The summed E-state index contributed by atoms with van der Waals surface area (Å²) in [6.45, 7) is 0. The molecule has 4 nitrogen and oxygen atoms in total. The Kier molecular flexibility index (Phi) is 3.51. The maximum atomic E-state index is 12.0. The number of hydrogen-bond donors (Lipinski definition) is 1. The Morgan fingerprint density at radius 2 is 1.76 bits per heavy atom. The normalized spacial score (nSPS) is 15.8. The number of rotatable bonds is 3. The minimum Gasteiger partial charge on any atom is -0.496 e. The van der Waals surface area contributed by atoms with Gasteiger partial charge in [0.15, 0.2) is 0 Å². The van der Waals surface area contributed by atoms with E-state index in [1.807, 2.05) is 54.6 Å². The number of benzene rings is 2. The third-order valence-corrected chi connectivity index (χ3v) is 3.16. The van der Waals surface area contributed by atoms with Crippen LogP contribution in [0.4, 0.5) is 0 Å². The fourth-order valence-corrected chi connectivity index (χ4v) is 2.14. The molecular formula is C17H14N2O2. The molecule has 4 heteroatoms. The van der Waals surface area contributed by atoms with Gasteiger partial charge in [-0.1, -0.05) is 42.5 Å². The van der Waals surface area contributed by atoms with Crippen LogP contribution < -0.4 is 10.1 Å². The number of carbonyl (C=O) groups is 1. The number of para-hydroxylation sites is 1. The highest BCUT2D eigenvalue weighted by Crippen LogP contribution is 2.21. The number of amides is 1. The van der Waals surface area contributed by atoms with Gasteiger partial charge in [0.2, 0.25) is 0 Å². The Balaban J connectivity index is 1.98. The summed E-state index contributed by atoms with van der Waals surface area (Å²) in [7, 11) is 1.59. The van der Waals surface area contributed by atoms with E-state index < -0.39 is 0 Å². The van der Waals surface area contributed by atoms with Crippen molar-refractivity contribution in [2.45, 2.75) is 0 Å². The number of nitrogens with zero attached hydrogens (tertiary/aromatic N) is 1. The smallest absolute Gasteiger partial charge is 0.275 e. The molecule has 1 heterocycles. The van der Waals surface area contributed by atoms with Crippen molar-refractivity contribution in [1.29, 1.82) is 0 Å². The van der Waals surface area contributed by atoms with Gasteiger partial charge in [0.25, 0.3) is 5.91 Å². The van der Waals surface area contributed by atoms with Crippen LogP contribution in [0, 0.1) is 0 Å². The van der Waals surface area contributed by atoms with Crippen molar-refractivity contribution < 1.29 is 9.53 Å². The van der Waals surface area contributed by atoms with E-state index in [-0.39, 0.29) is 5.91 Å². The van der Waals surface area contributed by atoms with Gasteiger partial charge >= 0.3 is 0 Å². The first-order valence-electron chi connectivity index (χ1n) is 6.58. The molecule has 0 aromatic heterocycles. The number of methoxy groups -OCH3 is 1. The monoisotopic (exact) mass is 278 g/mol. The van der Waals surface area contributed by atoms with Crippen molar-refractivity contribution >= 4 is 17.8 Å². The number of carbonyl (C=O) groups excluding carboxylic acids is 1. The zero-order valence-electron chi connectivity index (χ0n) is 11.5. The second-order valence-corrected chi connectivity index (χ2v) is 4.56. The van der Waals surface area contributed by atoms with Crippen LogP contribution in [0.1, 0.15) is 11.1 Å². The summed E-state index contributed by atoms with van der Waals surface area (Å²) in [5.74, 6) is 0.983. The first-order valence-corrected chi connectivity index (χ1v) is 6.58. The van der Waals surface area contributed by atoms with Crippen molar-refractivity contribution in [3.05, 3.63) is 71.4 Å². The van der Waals surface area contributed by atoms with Crippen molar-refractivity contribution in [2.75, 3.05) is 7.11 Å². The van der Waals surface area contributed by atoms with Crippen molar-refractivity contribution in [2.24, 2.45) is 4.99 Å². The average Bonchev–Trinajstić information content (AvgIpc) is 2.89. The molecule has 1 aliphatic rings. The summed E-state index contributed by atoms with van der Waals surface area (Å²) in [6, 6.07) is 17.1. The van der Waals surface area contributed by atoms with E-state index in [2.05, 4.69) is 10.3 Å². The van der Waals surface area contributed by atoms with Gasteiger partial charge in [0, 0.05) is 0 Å². The molecule has 0 unspecified atom stereocenters. The Morgan fingerprint density at radius 3 is 2.52 bits per heavy atom. The van der Waals surface area contributed by atoms with E-state index in [4.69, 9.17) is 4.74 Å². The maximum Gasteiger partial charge on any atom is 0.275 e. The lowest BCUT2D eigenvalue weighted by molar-refractivity contribution is -0.115. The molecule has 3 rings (SSSR count). The topological polar surface area (TPSA) is 50.7 Å². The fourth-order valence-electron chi connectivity index (χ4n) is 2.14. The van der Waals surface area contributed by atoms with Crippen LogP contribution in [0.5, 0.6) is 5.75 Å². The summed E-state index contributed by atoms with van der Waals surface area (Å²) >= 11 is 0. The van der Waals surface area contributed by atoms with E-state index in [1.165, 1.54) is 0 Å². The lowest BCUT2D eigenvalue weighted by Crippen LogP contribution is -2.25. The molecular weight excluding hydrogens is 264 g/mol. The molecule has 0 saturated heterocycles. The summed E-state index contributed by atoms with van der Waals surface area (Å²) in [6.07, 6.45) is 1.76. The predicted molar refractivity (Wildman–Crippen MR) is 82.1 cm³/mol. The molecule has 0 atom stereocenters. The molecule has 21 heavy (non-hydrogen) atoms. The molecule has 0 fully saturated rings. The number of hydrogen-bond acceptors (Lipinski definition) is 3. The Bertz CT molecular complexity index is 733. The summed E-state index contributed by atoms with van der Waals surface area (Å²) in [5.41, 5.74) is 2.10. The van der Waals surface area contributed by atoms with Crippen LogP contribution in [-0.2, 0) is 4.79 Å². The minimum atomic E-state index is -0.209. The second kappa shape index (κ2) is 5.63. The molecule has 0 aliphatic carbocycles. The van der Waals surface area contributed by atoms with Gasteiger partial charge in [-0.05, 0) is 23.8 Å². The summed E-state index contributed by atoms with van der Waals surface area (Å²) in [4.78, 5) is 16.4. The van der Waals surface area contributed by atoms with E-state index in [1.54, 1.807) is 13.2 Å². The van der Waals surface area contributed by atoms with E-state index in [9.17, 15) is 4.79 Å². The van der Waals surface area contributed by atoms with E-state index >= 15 is 0 Å². The molecule has 0 radical (unpaired) electrons. The lowest BCUT2D eigenvalue weighted by Gasteiger charge is -2.06. The molecule has 0 bridgehead atoms. The molecule has 2 aromatic carbocycles. The van der Waals surface area contributed by atoms with Gasteiger partial charge < -0.3 is 10.1 Å². The van der Waals surface area contributed by atoms with Gasteiger partial charge in [-0.3, -0.25) is 4.79 Å². The molecule has 1 amide bonds. The first kappa shape index (κ1) is 13.1. The van der Waals surface area contributed by atoms with E-state index in [0.29, 0.717) is 17.3 Å². The molecule has 104 valence electrons. The zero-order chi connectivity index (χ0) is 14.7. The molecule has 1 N–H and O–H groups in total. The second-order valence-electron chi connectivity index (χ2n) is 4.56. The minimum absolute atomic E-state index is 0.209. The van der Waals surface area contributed by atoms with Crippen LogP contribution >= 0.6 is 0 Å². The number of nitrogens with one attached hydrogen (secondary N) is 1. The first-order chi connectivity index (χ1) is 10.3. The summed E-state index contributed by atoms with van der Waals surface area (Å²) in [5, 5.41) is 2.78. The molecule has 1 aliphatic heterocycles. The third-order valence-electron chi connectivity index (χ3n) is 3.16. The molecule has 0 saturated carbocycles. The van der Waals surface area contributed by atoms with Crippen LogP contribution in [0.25, 0.3) is 6.08 Å². The van der Waals surface area contributed by atoms with Crippen LogP contribution in [-0.4, -0.2) is 18.9 Å². The van der Waals surface area contributed by atoms with Crippen LogP contribution in [0.2, 0.25) is 0 Å². The Labute approximate surface area is 122 Å². The summed E-state index contributed by atoms with van der Waals surface area (Å²) < 4.78 is 5.29. The lowest BCUT2D eigenvalue weighted by atomic mass is 10.2. The maximum absolute atomic E-state index is 12.0. The highest BCUT2D eigenvalue weighted by Gasteiger charge is 2.22. The number of aliphatic imine (C=N–C) groups is 1. The van der Waals surface area contributed by atoms with Crippen molar-refractivity contribution in [3.8, 4) is 5.75 Å². The highest BCUT2D eigenvalue weighted by atomic mass is 16.5. The fraction of sp³-hybridized carbons (Fsp3) is 0.0588. The van der Waals surface area contributed by atoms with Gasteiger partial charge in [-0.15, -0.1) is 0 Å². The van der Waals surface area contributed by atoms with Crippen molar-refractivity contribution in [3.63, 3.8) is 0 Å². The molecule has 0 spiro atoms. The highest BCUT2D eigenvalue weighted by molar-refractivity contribution is 6.20. The number of ether oxygens (including phenoxy) is 1. The SMILES string of the molecule is COc1ccccc1C1=N/C(=C/c2ccccc2)C(=O)N1. The quantitative estimate of drug-likeness (QED) is 0.877. The van der Waals surface area contributed by atoms with Gasteiger partial charge in [-0.2, -0.15) is 0 Å². The van der Waals surface area contributed by atoms with Gasteiger partial charge in [0.05, 0.1) is 12.7 Å². The number of amidine groups is 1. The van der Waals surface area contributed by atoms with Gasteiger partial charge in [0.1, 0.15) is 17.3 Å². The molecule has 2 aromatic rings. The zero-order valence-corrected chi connectivity index (χ0v) is 11.5. The third kappa shape index (κ3) is 2.69. The van der Waals surface area contributed by atoms with Crippen LogP contribution in [0.15, 0.2) is 65.3 Å².